The number of hydrogen-bond acceptors (Lipinski definition) is 3. The van der Waals surface area contributed by atoms with Crippen molar-refractivity contribution in [3.63, 3.8) is 0 Å². The van der Waals surface area contributed by atoms with Gasteiger partial charge in [-0.25, -0.2) is 0 Å². The fraction of sp³-hybridized carbons (Fsp3) is 0.143. The predicted molar refractivity (Wildman–Crippen MR) is 48.3 cm³/mol. The van der Waals surface area contributed by atoms with E-state index in [-0.39, 0.29) is 17.2 Å². The van der Waals surface area contributed by atoms with Crippen molar-refractivity contribution in [1.82, 2.24) is 0 Å². The Morgan fingerprint density at radius 3 is 2.67 bits per heavy atom. The van der Waals surface area contributed by atoms with Crippen LogP contribution in [0.2, 0.25) is 0 Å². The molecule has 0 aliphatic rings. The summed E-state index contributed by atoms with van der Waals surface area (Å²) in [5.74, 6) is 0.0618. The van der Waals surface area contributed by atoms with E-state index in [1.54, 1.807) is 6.07 Å². The number of benzene rings is 1. The molecule has 0 amide bonds. The Labute approximate surface area is 72.3 Å². The molecule has 0 saturated heterocycles. The van der Waals surface area contributed by atoms with Gasteiger partial charge in [-0.1, -0.05) is 10.3 Å². The fourth-order valence-corrected chi connectivity index (χ4v) is 1.37. The zero-order valence-electron chi connectivity index (χ0n) is 6.27. The maximum atomic E-state index is 10.4. The summed E-state index contributed by atoms with van der Waals surface area (Å²) in [6, 6.07) is 4.46. The summed E-state index contributed by atoms with van der Waals surface area (Å²) in [6.07, 6.45) is 0. The van der Waals surface area contributed by atoms with Gasteiger partial charge in [0.2, 0.25) is 11.1 Å². The molecule has 1 rings (SSSR count). The van der Waals surface area contributed by atoms with Crippen molar-refractivity contribution >= 4 is 16.8 Å². The molecule has 5 heteroatoms. The van der Waals surface area contributed by atoms with Gasteiger partial charge in [0.1, 0.15) is 5.75 Å². The highest BCUT2D eigenvalue weighted by atomic mass is 32.2. The molecule has 0 radical (unpaired) electrons. The van der Waals surface area contributed by atoms with Crippen LogP contribution in [0.4, 0.5) is 5.69 Å². The summed E-state index contributed by atoms with van der Waals surface area (Å²) in [5.41, 5.74) is 6.24. The van der Waals surface area contributed by atoms with Crippen molar-refractivity contribution < 1.29 is 13.9 Å². The van der Waals surface area contributed by atoms with E-state index in [2.05, 4.69) is 0 Å². The monoisotopic (exact) mass is 188 g/mol. The topological polar surface area (TPSA) is 83.6 Å². The zero-order valence-corrected chi connectivity index (χ0v) is 7.16. The molecule has 0 bridgehead atoms. The van der Waals surface area contributed by atoms with Gasteiger partial charge in [0.15, 0.2) is 5.75 Å². The van der Waals surface area contributed by atoms with Gasteiger partial charge in [0, 0.05) is 5.56 Å². The quantitative estimate of drug-likeness (QED) is 0.275. The second-order valence-electron chi connectivity index (χ2n) is 2.40. The molecular formula is C7H10NO3S+. The summed E-state index contributed by atoms with van der Waals surface area (Å²) < 4.78 is 19.0. The molecule has 0 fully saturated rings. The first-order chi connectivity index (χ1) is 5.59. The van der Waals surface area contributed by atoms with Crippen molar-refractivity contribution in [2.24, 2.45) is 0 Å². The van der Waals surface area contributed by atoms with Crippen molar-refractivity contribution in [3.8, 4) is 5.75 Å². The van der Waals surface area contributed by atoms with E-state index in [0.29, 0.717) is 5.56 Å². The van der Waals surface area contributed by atoms with E-state index >= 15 is 0 Å². The third-order valence-electron chi connectivity index (χ3n) is 1.41. The molecule has 0 spiro atoms. The second-order valence-corrected chi connectivity index (χ2v) is 3.42. The third-order valence-corrected chi connectivity index (χ3v) is 2.05. The first kappa shape index (κ1) is 9.02. The second kappa shape index (κ2) is 3.55. The van der Waals surface area contributed by atoms with Crippen molar-refractivity contribution in [2.45, 2.75) is 5.75 Å². The first-order valence-electron chi connectivity index (χ1n) is 3.30. The van der Waals surface area contributed by atoms with E-state index in [0.717, 1.165) is 0 Å². The Kier molecular flexibility index (Phi) is 2.67. The summed E-state index contributed by atoms with van der Waals surface area (Å²) in [7, 11) is 0. The highest BCUT2D eigenvalue weighted by molar-refractivity contribution is 7.78. The lowest BCUT2D eigenvalue weighted by Gasteiger charge is -1.99. The van der Waals surface area contributed by atoms with E-state index in [9.17, 15) is 4.21 Å². The number of aromatic hydroxyl groups is 1. The van der Waals surface area contributed by atoms with Crippen LogP contribution in [0.3, 0.4) is 0 Å². The van der Waals surface area contributed by atoms with Crippen LogP contribution in [-0.2, 0) is 21.0 Å². The molecule has 12 heavy (non-hydrogen) atoms. The van der Waals surface area contributed by atoms with Gasteiger partial charge in [-0.3, -0.25) is 0 Å². The molecule has 0 aromatic heterocycles. The average molecular weight is 188 g/mol. The van der Waals surface area contributed by atoms with Crippen molar-refractivity contribution in [3.05, 3.63) is 23.8 Å². The maximum Gasteiger partial charge on any atom is 0.206 e. The largest absolute Gasteiger partial charge is 0.506 e. The zero-order chi connectivity index (χ0) is 9.14. The molecule has 4 nitrogen and oxygen atoms in total. The lowest BCUT2D eigenvalue weighted by atomic mass is 10.2. The highest BCUT2D eigenvalue weighted by Gasteiger charge is 2.04. The lowest BCUT2D eigenvalue weighted by Crippen LogP contribution is -1.94. The average Bonchev–Trinajstić information content (AvgIpc) is 1.96. The van der Waals surface area contributed by atoms with Crippen LogP contribution in [0.5, 0.6) is 5.75 Å². The van der Waals surface area contributed by atoms with Crippen LogP contribution < -0.4 is 5.73 Å². The van der Waals surface area contributed by atoms with Crippen LogP contribution in [-0.4, -0.2) is 9.66 Å². The van der Waals surface area contributed by atoms with Gasteiger partial charge in [-0.2, -0.15) is 4.55 Å². The Balaban J connectivity index is 2.89. The number of thiol groups is 1. The van der Waals surface area contributed by atoms with Gasteiger partial charge < -0.3 is 10.8 Å². The number of rotatable bonds is 2. The van der Waals surface area contributed by atoms with Gasteiger partial charge in [-0.15, -0.1) is 0 Å². The lowest BCUT2D eigenvalue weighted by molar-refractivity contribution is 0.477. The molecule has 1 unspecified atom stereocenters. The van der Waals surface area contributed by atoms with Crippen LogP contribution in [0.15, 0.2) is 18.2 Å². The number of hydrogen-bond donors (Lipinski definition) is 3. The highest BCUT2D eigenvalue weighted by Crippen LogP contribution is 2.20. The summed E-state index contributed by atoms with van der Waals surface area (Å²) >= 11 is -2.19. The molecule has 66 valence electrons. The molecule has 0 aliphatic carbocycles. The summed E-state index contributed by atoms with van der Waals surface area (Å²) in [5, 5.41) is 9.02. The minimum Gasteiger partial charge on any atom is -0.506 e. The molecule has 1 atom stereocenters. The molecular weight excluding hydrogens is 178 g/mol. The van der Waals surface area contributed by atoms with Gasteiger partial charge >= 0.3 is 0 Å². The van der Waals surface area contributed by atoms with Gasteiger partial charge in [-0.05, 0) is 12.1 Å². The van der Waals surface area contributed by atoms with E-state index < -0.39 is 11.1 Å². The maximum absolute atomic E-state index is 10.4. The van der Waals surface area contributed by atoms with Gasteiger partial charge in [0.05, 0.1) is 5.69 Å². The Bertz CT molecular complexity index is 314. The normalized spacial score (nSPS) is 12.8. The Hall–Kier alpha value is -1.07. The van der Waals surface area contributed by atoms with E-state index in [1.807, 2.05) is 0 Å². The Morgan fingerprint density at radius 1 is 1.50 bits per heavy atom. The van der Waals surface area contributed by atoms with Crippen LogP contribution >= 0.6 is 0 Å². The summed E-state index contributed by atoms with van der Waals surface area (Å²) in [4.78, 5) is 0. The minimum absolute atomic E-state index is 0.00748. The number of nitrogen functional groups attached to an aromatic ring is 1. The number of nitrogens with two attached hydrogens (primary N) is 1. The van der Waals surface area contributed by atoms with Crippen molar-refractivity contribution in [1.29, 1.82) is 0 Å². The SMILES string of the molecule is Nc1cc(C[SH+](=O)O)ccc1O. The number of phenolic OH excluding ortho intramolecular Hbond substituents is 1. The molecule has 0 heterocycles. The van der Waals surface area contributed by atoms with E-state index in [1.165, 1.54) is 12.1 Å². The molecule has 4 N–H and O–H groups in total. The minimum atomic E-state index is -2.19. The van der Waals surface area contributed by atoms with Crippen molar-refractivity contribution in [2.75, 3.05) is 5.73 Å². The molecule has 1 aromatic carbocycles. The third kappa shape index (κ3) is 2.21. The number of anilines is 1. The van der Waals surface area contributed by atoms with Crippen LogP contribution in [0.1, 0.15) is 5.56 Å². The molecule has 0 aliphatic heterocycles. The van der Waals surface area contributed by atoms with E-state index in [4.69, 9.17) is 15.4 Å². The molecule has 1 aromatic rings. The smallest absolute Gasteiger partial charge is 0.206 e. The molecule has 0 saturated carbocycles. The predicted octanol–water partition coefficient (Wildman–Crippen LogP) is 0.644. The van der Waals surface area contributed by atoms with Crippen LogP contribution in [0.25, 0.3) is 0 Å². The Morgan fingerprint density at radius 2 is 2.17 bits per heavy atom. The number of phenols is 1. The first-order valence-corrected chi connectivity index (χ1v) is 4.70. The van der Waals surface area contributed by atoms with Crippen LogP contribution in [0, 0.1) is 0 Å². The van der Waals surface area contributed by atoms with Gasteiger partial charge in [0.25, 0.3) is 0 Å². The standard InChI is InChI=1S/C7H9NO3S/c8-6-3-5(4-12(10)11)1-2-7(6)9/h1-3,9H,4,8H2,(H,10,11)/p+1. The summed E-state index contributed by atoms with van der Waals surface area (Å²) in [6.45, 7) is 0. The fourth-order valence-electron chi connectivity index (χ4n) is 0.859.